The van der Waals surface area contributed by atoms with Gasteiger partial charge in [-0.3, -0.25) is 4.79 Å². The standard InChI is InChI=1S/C13H15N5O2/c1-14-13(19)9-3-2-6-15-12(9)16-7-10-17-11(18-20-10)8-4-5-8/h2-3,6,8H,4-5,7H2,1H3,(H,14,19)(H,15,16). The van der Waals surface area contributed by atoms with E-state index in [0.717, 1.165) is 18.7 Å². The predicted octanol–water partition coefficient (Wildman–Crippen LogP) is 1.31. The minimum absolute atomic E-state index is 0.190. The molecule has 0 radical (unpaired) electrons. The number of hydrogen-bond acceptors (Lipinski definition) is 6. The Morgan fingerprint density at radius 2 is 2.35 bits per heavy atom. The SMILES string of the molecule is CNC(=O)c1cccnc1NCc1nc(C2CC2)no1. The van der Waals surface area contributed by atoms with Crippen LogP contribution in [0.5, 0.6) is 0 Å². The molecule has 2 aromatic heterocycles. The molecular weight excluding hydrogens is 258 g/mol. The van der Waals surface area contributed by atoms with Crippen LogP contribution in [0, 0.1) is 0 Å². The summed E-state index contributed by atoms with van der Waals surface area (Å²) < 4.78 is 5.16. The van der Waals surface area contributed by atoms with E-state index in [2.05, 4.69) is 25.8 Å². The molecule has 20 heavy (non-hydrogen) atoms. The summed E-state index contributed by atoms with van der Waals surface area (Å²) in [6.07, 6.45) is 3.89. The van der Waals surface area contributed by atoms with Crippen LogP contribution in [0.15, 0.2) is 22.9 Å². The number of rotatable bonds is 5. The van der Waals surface area contributed by atoms with Gasteiger partial charge < -0.3 is 15.2 Å². The normalized spacial score (nSPS) is 14.1. The maximum atomic E-state index is 11.7. The summed E-state index contributed by atoms with van der Waals surface area (Å²) in [7, 11) is 1.58. The maximum Gasteiger partial charge on any atom is 0.254 e. The third-order valence-electron chi connectivity index (χ3n) is 3.11. The van der Waals surface area contributed by atoms with Crippen LogP contribution in [-0.2, 0) is 6.54 Å². The van der Waals surface area contributed by atoms with Crippen molar-refractivity contribution in [2.45, 2.75) is 25.3 Å². The number of hydrogen-bond donors (Lipinski definition) is 2. The first-order valence-electron chi connectivity index (χ1n) is 6.51. The molecule has 1 aliphatic rings. The first-order valence-corrected chi connectivity index (χ1v) is 6.51. The number of pyridine rings is 1. The third kappa shape index (κ3) is 2.61. The van der Waals surface area contributed by atoms with Gasteiger partial charge in [-0.1, -0.05) is 5.16 Å². The van der Waals surface area contributed by atoms with Gasteiger partial charge in [0, 0.05) is 19.2 Å². The molecule has 0 unspecified atom stereocenters. The van der Waals surface area contributed by atoms with Crippen LogP contribution in [0.2, 0.25) is 0 Å². The molecule has 0 atom stereocenters. The molecule has 2 aromatic rings. The number of amides is 1. The summed E-state index contributed by atoms with van der Waals surface area (Å²) in [4.78, 5) is 20.2. The van der Waals surface area contributed by atoms with Gasteiger partial charge in [0.05, 0.1) is 12.1 Å². The molecule has 1 aliphatic carbocycles. The predicted molar refractivity (Wildman–Crippen MR) is 71.2 cm³/mol. The summed E-state index contributed by atoms with van der Waals surface area (Å²) in [5.41, 5.74) is 0.483. The fourth-order valence-corrected chi connectivity index (χ4v) is 1.87. The average molecular weight is 273 g/mol. The van der Waals surface area contributed by atoms with Crippen molar-refractivity contribution in [1.29, 1.82) is 0 Å². The lowest BCUT2D eigenvalue weighted by atomic mass is 10.2. The molecule has 1 fully saturated rings. The number of aromatic nitrogens is 3. The van der Waals surface area contributed by atoms with Crippen molar-refractivity contribution in [3.8, 4) is 0 Å². The van der Waals surface area contributed by atoms with E-state index in [1.54, 1.807) is 25.4 Å². The topological polar surface area (TPSA) is 92.9 Å². The van der Waals surface area contributed by atoms with Gasteiger partial charge in [0.2, 0.25) is 5.89 Å². The van der Waals surface area contributed by atoms with Crippen LogP contribution in [-0.4, -0.2) is 28.1 Å². The molecule has 1 saturated carbocycles. The first kappa shape index (κ1) is 12.6. The number of anilines is 1. The fourth-order valence-electron chi connectivity index (χ4n) is 1.87. The molecule has 2 heterocycles. The lowest BCUT2D eigenvalue weighted by molar-refractivity contribution is 0.0963. The molecule has 7 nitrogen and oxygen atoms in total. The summed E-state index contributed by atoms with van der Waals surface area (Å²) in [5, 5.41) is 9.56. The molecule has 3 rings (SSSR count). The van der Waals surface area contributed by atoms with Crippen molar-refractivity contribution in [2.24, 2.45) is 0 Å². The van der Waals surface area contributed by atoms with Gasteiger partial charge >= 0.3 is 0 Å². The van der Waals surface area contributed by atoms with E-state index in [1.165, 1.54) is 0 Å². The maximum absolute atomic E-state index is 11.7. The highest BCUT2D eigenvalue weighted by Crippen LogP contribution is 2.38. The average Bonchev–Trinajstić information content (AvgIpc) is 3.24. The molecule has 0 spiro atoms. The Hall–Kier alpha value is -2.44. The molecule has 7 heteroatoms. The minimum Gasteiger partial charge on any atom is -0.360 e. The molecule has 0 saturated heterocycles. The van der Waals surface area contributed by atoms with Crippen molar-refractivity contribution >= 4 is 11.7 Å². The quantitative estimate of drug-likeness (QED) is 0.853. The zero-order chi connectivity index (χ0) is 13.9. The monoisotopic (exact) mass is 273 g/mol. The molecule has 104 valence electrons. The van der Waals surface area contributed by atoms with E-state index in [1.807, 2.05) is 0 Å². The Bertz CT molecular complexity index is 621. The Kier molecular flexibility index (Phi) is 3.32. The fraction of sp³-hybridized carbons (Fsp3) is 0.385. The Balaban J connectivity index is 1.69. The summed E-state index contributed by atoms with van der Waals surface area (Å²) in [6, 6.07) is 3.42. The van der Waals surface area contributed by atoms with Crippen LogP contribution < -0.4 is 10.6 Å². The van der Waals surface area contributed by atoms with Crippen LogP contribution in [0.25, 0.3) is 0 Å². The molecule has 0 bridgehead atoms. The van der Waals surface area contributed by atoms with Crippen molar-refractivity contribution < 1.29 is 9.32 Å². The number of nitrogens with one attached hydrogen (secondary N) is 2. The van der Waals surface area contributed by atoms with E-state index < -0.39 is 0 Å². The van der Waals surface area contributed by atoms with Crippen molar-refractivity contribution in [2.75, 3.05) is 12.4 Å². The zero-order valence-corrected chi connectivity index (χ0v) is 11.1. The van der Waals surface area contributed by atoms with E-state index in [-0.39, 0.29) is 5.91 Å². The van der Waals surface area contributed by atoms with Gasteiger partial charge in [-0.2, -0.15) is 4.98 Å². The molecule has 0 aromatic carbocycles. The van der Waals surface area contributed by atoms with Crippen molar-refractivity contribution in [3.05, 3.63) is 35.6 Å². The smallest absolute Gasteiger partial charge is 0.254 e. The second kappa shape index (κ2) is 5.28. The number of carbonyl (C=O) groups excluding carboxylic acids is 1. The van der Waals surface area contributed by atoms with E-state index in [9.17, 15) is 4.79 Å². The van der Waals surface area contributed by atoms with Gasteiger partial charge in [0.25, 0.3) is 5.91 Å². The first-order chi connectivity index (χ1) is 9.78. The van der Waals surface area contributed by atoms with Crippen LogP contribution in [0.4, 0.5) is 5.82 Å². The van der Waals surface area contributed by atoms with Gasteiger partial charge in [-0.05, 0) is 25.0 Å². The van der Waals surface area contributed by atoms with Crippen LogP contribution in [0.3, 0.4) is 0 Å². The second-order valence-corrected chi connectivity index (χ2v) is 4.65. The minimum atomic E-state index is -0.190. The van der Waals surface area contributed by atoms with Gasteiger partial charge in [-0.15, -0.1) is 0 Å². The number of carbonyl (C=O) groups is 1. The summed E-state index contributed by atoms with van der Waals surface area (Å²) >= 11 is 0. The van der Waals surface area contributed by atoms with Crippen molar-refractivity contribution in [1.82, 2.24) is 20.4 Å². The van der Waals surface area contributed by atoms with E-state index in [0.29, 0.717) is 29.7 Å². The molecule has 0 aliphatic heterocycles. The third-order valence-corrected chi connectivity index (χ3v) is 3.11. The van der Waals surface area contributed by atoms with E-state index >= 15 is 0 Å². The van der Waals surface area contributed by atoms with Gasteiger partial charge in [0.15, 0.2) is 5.82 Å². The number of nitrogens with zero attached hydrogens (tertiary/aromatic N) is 3. The van der Waals surface area contributed by atoms with Crippen molar-refractivity contribution in [3.63, 3.8) is 0 Å². The summed E-state index contributed by atoms with van der Waals surface area (Å²) in [5.74, 6) is 2.04. The van der Waals surface area contributed by atoms with Crippen LogP contribution >= 0.6 is 0 Å². The summed E-state index contributed by atoms with van der Waals surface area (Å²) in [6.45, 7) is 0.348. The molecule has 1 amide bonds. The highest BCUT2D eigenvalue weighted by molar-refractivity contribution is 5.98. The lowest BCUT2D eigenvalue weighted by Gasteiger charge is -2.07. The second-order valence-electron chi connectivity index (χ2n) is 4.65. The zero-order valence-electron chi connectivity index (χ0n) is 11.1. The molecule has 2 N–H and O–H groups in total. The lowest BCUT2D eigenvalue weighted by Crippen LogP contribution is -2.20. The highest BCUT2D eigenvalue weighted by atomic mass is 16.5. The van der Waals surface area contributed by atoms with E-state index in [4.69, 9.17) is 4.52 Å². The van der Waals surface area contributed by atoms with Gasteiger partial charge in [-0.25, -0.2) is 4.98 Å². The molecular formula is C13H15N5O2. The Morgan fingerprint density at radius 1 is 1.50 bits per heavy atom. The highest BCUT2D eigenvalue weighted by Gasteiger charge is 2.28. The Labute approximate surface area is 115 Å². The Morgan fingerprint density at radius 3 is 3.10 bits per heavy atom. The largest absolute Gasteiger partial charge is 0.360 e. The van der Waals surface area contributed by atoms with Gasteiger partial charge in [0.1, 0.15) is 5.82 Å². The van der Waals surface area contributed by atoms with Crippen LogP contribution in [0.1, 0.15) is 40.8 Å².